The van der Waals surface area contributed by atoms with Crippen LogP contribution < -0.4 is 11.1 Å². The molecule has 1 aliphatic carbocycles. The number of hydrogen-bond donors (Lipinski definition) is 3. The fourth-order valence-corrected chi connectivity index (χ4v) is 2.80. The van der Waals surface area contributed by atoms with Crippen molar-refractivity contribution in [2.45, 2.75) is 70.6 Å². The molecule has 2 unspecified atom stereocenters. The van der Waals surface area contributed by atoms with Gasteiger partial charge < -0.3 is 20.9 Å². The van der Waals surface area contributed by atoms with Crippen LogP contribution >= 0.6 is 12.4 Å². The minimum absolute atomic E-state index is 0. The first-order valence-electron chi connectivity index (χ1n) is 7.78. The van der Waals surface area contributed by atoms with Gasteiger partial charge >= 0.3 is 5.97 Å². The number of nitrogens with two attached hydrogens (primary N) is 1. The summed E-state index contributed by atoms with van der Waals surface area (Å²) in [5, 5.41) is 12.5. The van der Waals surface area contributed by atoms with E-state index in [9.17, 15) is 14.7 Å². The molecular formula is C15H29ClN2O4. The molecule has 0 heterocycles. The van der Waals surface area contributed by atoms with Crippen molar-refractivity contribution in [2.75, 3.05) is 6.54 Å². The second-order valence-electron chi connectivity index (χ2n) is 6.01. The number of carbonyl (C=O) groups excluding carboxylic acids is 2. The van der Waals surface area contributed by atoms with E-state index in [-0.39, 0.29) is 19.0 Å². The molecule has 1 fully saturated rings. The number of ether oxygens (including phenoxy) is 1. The number of esters is 1. The summed E-state index contributed by atoms with van der Waals surface area (Å²) in [6, 6.07) is -0.544. The van der Waals surface area contributed by atoms with Crippen molar-refractivity contribution in [2.24, 2.45) is 11.7 Å². The second kappa shape index (κ2) is 10.8. The molecule has 1 amide bonds. The Morgan fingerprint density at radius 1 is 1.32 bits per heavy atom. The normalized spacial score (nSPS) is 19.5. The number of nitrogens with one attached hydrogen (secondary N) is 1. The second-order valence-corrected chi connectivity index (χ2v) is 6.01. The Morgan fingerprint density at radius 2 is 1.91 bits per heavy atom. The summed E-state index contributed by atoms with van der Waals surface area (Å²) in [6.45, 7) is 3.16. The molecule has 0 aromatic heterocycles. The highest BCUT2D eigenvalue weighted by Crippen LogP contribution is 2.27. The Kier molecular flexibility index (Phi) is 10.4. The van der Waals surface area contributed by atoms with Gasteiger partial charge in [-0.1, -0.05) is 32.1 Å². The summed E-state index contributed by atoms with van der Waals surface area (Å²) in [5.74, 6) is -0.389. The molecule has 7 heteroatoms. The molecule has 0 bridgehead atoms. The van der Waals surface area contributed by atoms with Crippen LogP contribution in [0.15, 0.2) is 0 Å². The molecule has 1 rings (SSSR count). The quantitative estimate of drug-likeness (QED) is 0.605. The SMILES string of the molecule is CC(=O)OC(C)CNC(=O)C(O)[C@H](N)CC1CCCCC1.Cl. The Balaban J connectivity index is 0.00000441. The van der Waals surface area contributed by atoms with Crippen LogP contribution in [-0.4, -0.2) is 41.8 Å². The van der Waals surface area contributed by atoms with E-state index in [2.05, 4.69) is 5.32 Å². The Morgan fingerprint density at radius 3 is 2.45 bits per heavy atom. The van der Waals surface area contributed by atoms with E-state index in [0.29, 0.717) is 12.3 Å². The molecule has 22 heavy (non-hydrogen) atoms. The van der Waals surface area contributed by atoms with Gasteiger partial charge in [0.2, 0.25) is 0 Å². The van der Waals surface area contributed by atoms with E-state index >= 15 is 0 Å². The molecular weight excluding hydrogens is 308 g/mol. The number of halogens is 1. The van der Waals surface area contributed by atoms with Gasteiger partial charge in [-0.2, -0.15) is 0 Å². The summed E-state index contributed by atoms with van der Waals surface area (Å²) in [4.78, 5) is 22.6. The number of amides is 1. The molecule has 0 saturated heterocycles. The van der Waals surface area contributed by atoms with E-state index in [1.165, 1.54) is 26.2 Å². The highest BCUT2D eigenvalue weighted by atomic mass is 35.5. The Hall–Kier alpha value is -0.850. The molecule has 130 valence electrons. The lowest BCUT2D eigenvalue weighted by Gasteiger charge is -2.26. The van der Waals surface area contributed by atoms with Crippen LogP contribution in [-0.2, 0) is 14.3 Å². The predicted molar refractivity (Wildman–Crippen MR) is 86.7 cm³/mol. The van der Waals surface area contributed by atoms with Crippen LogP contribution in [0.3, 0.4) is 0 Å². The predicted octanol–water partition coefficient (Wildman–Crippen LogP) is 1.13. The van der Waals surface area contributed by atoms with Gasteiger partial charge in [-0.25, -0.2) is 0 Å². The van der Waals surface area contributed by atoms with Gasteiger partial charge in [0, 0.05) is 13.0 Å². The highest BCUT2D eigenvalue weighted by Gasteiger charge is 2.26. The zero-order valence-electron chi connectivity index (χ0n) is 13.4. The average molecular weight is 337 g/mol. The fraction of sp³-hybridized carbons (Fsp3) is 0.867. The van der Waals surface area contributed by atoms with Crippen LogP contribution in [0, 0.1) is 5.92 Å². The van der Waals surface area contributed by atoms with Crippen molar-refractivity contribution in [3.63, 3.8) is 0 Å². The van der Waals surface area contributed by atoms with Crippen LogP contribution in [0.1, 0.15) is 52.4 Å². The lowest BCUT2D eigenvalue weighted by atomic mass is 9.84. The summed E-state index contributed by atoms with van der Waals surface area (Å²) >= 11 is 0. The van der Waals surface area contributed by atoms with E-state index in [1.54, 1.807) is 6.92 Å². The van der Waals surface area contributed by atoms with Gasteiger partial charge in [-0.3, -0.25) is 9.59 Å². The number of hydrogen-bond acceptors (Lipinski definition) is 5. The smallest absolute Gasteiger partial charge is 0.302 e. The van der Waals surface area contributed by atoms with Crippen LogP contribution in [0.2, 0.25) is 0 Å². The van der Waals surface area contributed by atoms with Crippen molar-refractivity contribution in [3.05, 3.63) is 0 Å². The van der Waals surface area contributed by atoms with E-state index in [0.717, 1.165) is 12.8 Å². The van der Waals surface area contributed by atoms with Gasteiger partial charge in [0.05, 0.1) is 6.54 Å². The summed E-state index contributed by atoms with van der Waals surface area (Å²) in [5.41, 5.74) is 5.94. The number of carbonyl (C=O) groups is 2. The van der Waals surface area contributed by atoms with Crippen molar-refractivity contribution in [3.8, 4) is 0 Å². The topological polar surface area (TPSA) is 102 Å². The third-order valence-electron chi connectivity index (χ3n) is 3.94. The van der Waals surface area contributed by atoms with Gasteiger partial charge in [-0.15, -0.1) is 12.4 Å². The van der Waals surface area contributed by atoms with E-state index < -0.39 is 30.1 Å². The highest BCUT2D eigenvalue weighted by molar-refractivity contribution is 5.85. The number of aliphatic hydroxyl groups is 1. The van der Waals surface area contributed by atoms with E-state index in [4.69, 9.17) is 10.5 Å². The van der Waals surface area contributed by atoms with Crippen molar-refractivity contribution >= 4 is 24.3 Å². The monoisotopic (exact) mass is 336 g/mol. The zero-order valence-corrected chi connectivity index (χ0v) is 14.2. The van der Waals surface area contributed by atoms with Crippen molar-refractivity contribution in [1.29, 1.82) is 0 Å². The molecule has 3 atom stereocenters. The maximum atomic E-state index is 11.8. The average Bonchev–Trinajstić information content (AvgIpc) is 2.44. The molecule has 0 aromatic rings. The van der Waals surface area contributed by atoms with Gasteiger partial charge in [-0.05, 0) is 19.3 Å². The molecule has 0 spiro atoms. The van der Waals surface area contributed by atoms with Gasteiger partial charge in [0.1, 0.15) is 12.2 Å². The first kappa shape index (κ1) is 21.1. The van der Waals surface area contributed by atoms with Gasteiger partial charge in [0.25, 0.3) is 5.91 Å². The first-order chi connectivity index (χ1) is 9.90. The zero-order chi connectivity index (χ0) is 15.8. The van der Waals surface area contributed by atoms with Crippen LogP contribution in [0.5, 0.6) is 0 Å². The molecule has 0 aromatic carbocycles. The molecule has 4 N–H and O–H groups in total. The Bertz CT molecular complexity index is 348. The third kappa shape index (κ3) is 7.96. The van der Waals surface area contributed by atoms with Crippen LogP contribution in [0.25, 0.3) is 0 Å². The molecule has 1 aliphatic rings. The minimum atomic E-state index is -1.21. The van der Waals surface area contributed by atoms with Crippen LogP contribution in [0.4, 0.5) is 0 Å². The summed E-state index contributed by atoms with van der Waals surface area (Å²) in [7, 11) is 0. The standard InChI is InChI=1S/C15H28N2O4.ClH/c1-10(21-11(2)18)9-17-15(20)14(19)13(16)8-12-6-4-3-5-7-12;/h10,12-14,19H,3-9,16H2,1-2H3,(H,17,20);1H/t10?,13-,14?;/m1./s1. The third-order valence-corrected chi connectivity index (χ3v) is 3.94. The number of aliphatic hydroxyl groups excluding tert-OH is 1. The largest absolute Gasteiger partial charge is 0.461 e. The lowest BCUT2D eigenvalue weighted by molar-refractivity contribution is -0.146. The van der Waals surface area contributed by atoms with Crippen molar-refractivity contribution in [1.82, 2.24) is 5.32 Å². The van der Waals surface area contributed by atoms with Gasteiger partial charge in [0.15, 0.2) is 0 Å². The first-order valence-corrected chi connectivity index (χ1v) is 7.78. The van der Waals surface area contributed by atoms with E-state index in [1.807, 2.05) is 0 Å². The molecule has 1 saturated carbocycles. The maximum absolute atomic E-state index is 11.8. The van der Waals surface area contributed by atoms with Crippen molar-refractivity contribution < 1.29 is 19.4 Å². The summed E-state index contributed by atoms with van der Waals surface area (Å²) < 4.78 is 4.90. The summed E-state index contributed by atoms with van der Waals surface area (Å²) in [6.07, 6.45) is 4.98. The fourth-order valence-electron chi connectivity index (χ4n) is 2.80. The lowest BCUT2D eigenvalue weighted by Crippen LogP contribution is -2.48. The molecule has 0 aliphatic heterocycles. The molecule has 6 nitrogen and oxygen atoms in total. The number of rotatable bonds is 7. The minimum Gasteiger partial charge on any atom is -0.461 e. The maximum Gasteiger partial charge on any atom is 0.302 e. The Labute approximate surface area is 138 Å². The molecule has 0 radical (unpaired) electrons.